The van der Waals surface area contributed by atoms with E-state index in [9.17, 15) is 4.39 Å². The van der Waals surface area contributed by atoms with Gasteiger partial charge in [0.15, 0.2) is 0 Å². The highest BCUT2D eigenvalue weighted by Gasteiger charge is 2.25. The van der Waals surface area contributed by atoms with E-state index in [1.165, 1.54) is 24.0 Å². The van der Waals surface area contributed by atoms with Crippen molar-refractivity contribution in [3.63, 3.8) is 0 Å². The molecular weight excluding hydrogens is 209 g/mol. The normalized spacial score (nSPS) is 22.9. The van der Waals surface area contributed by atoms with E-state index >= 15 is 0 Å². The van der Waals surface area contributed by atoms with Gasteiger partial charge in [0.2, 0.25) is 0 Å². The molecule has 2 atom stereocenters. The van der Waals surface area contributed by atoms with E-state index < -0.39 is 0 Å². The van der Waals surface area contributed by atoms with Gasteiger partial charge in [0.1, 0.15) is 5.82 Å². The molecule has 0 spiro atoms. The second-order valence-corrected chi connectivity index (χ2v) is 5.17. The summed E-state index contributed by atoms with van der Waals surface area (Å²) >= 11 is 1.98. The topological polar surface area (TPSA) is 26.0 Å². The first-order chi connectivity index (χ1) is 7.31. The molecule has 0 aliphatic carbocycles. The molecule has 15 heavy (non-hydrogen) atoms. The summed E-state index contributed by atoms with van der Waals surface area (Å²) in [5.41, 5.74) is 6.86. The maximum atomic E-state index is 13.1. The van der Waals surface area contributed by atoms with E-state index in [1.54, 1.807) is 12.1 Å². The number of benzene rings is 1. The van der Waals surface area contributed by atoms with Crippen LogP contribution < -0.4 is 5.73 Å². The fraction of sp³-hybridized carbons (Fsp3) is 0.500. The predicted octanol–water partition coefficient (Wildman–Crippen LogP) is 2.62. The third-order valence-corrected chi connectivity index (χ3v) is 4.25. The van der Waals surface area contributed by atoms with E-state index in [0.717, 1.165) is 5.56 Å². The van der Waals surface area contributed by atoms with Gasteiger partial charge < -0.3 is 5.73 Å². The van der Waals surface area contributed by atoms with Crippen molar-refractivity contribution in [2.45, 2.75) is 12.3 Å². The SMILES string of the molecule is NCC(c1cccc(F)c1)C1CCSC1. The third kappa shape index (κ3) is 2.52. The van der Waals surface area contributed by atoms with Crippen LogP contribution in [0.1, 0.15) is 17.9 Å². The zero-order valence-electron chi connectivity index (χ0n) is 8.66. The Kier molecular flexibility index (Phi) is 3.65. The summed E-state index contributed by atoms with van der Waals surface area (Å²) in [6.07, 6.45) is 1.21. The van der Waals surface area contributed by atoms with Gasteiger partial charge >= 0.3 is 0 Å². The number of nitrogens with two attached hydrogens (primary N) is 1. The molecule has 0 saturated carbocycles. The molecule has 82 valence electrons. The number of rotatable bonds is 3. The van der Waals surface area contributed by atoms with Crippen molar-refractivity contribution in [3.05, 3.63) is 35.6 Å². The maximum Gasteiger partial charge on any atom is 0.123 e. The summed E-state index contributed by atoms with van der Waals surface area (Å²) in [5.74, 6) is 3.18. The lowest BCUT2D eigenvalue weighted by Crippen LogP contribution is -2.21. The molecule has 1 aromatic rings. The van der Waals surface area contributed by atoms with Crippen LogP contribution in [0.5, 0.6) is 0 Å². The molecule has 1 aliphatic heterocycles. The zero-order chi connectivity index (χ0) is 10.7. The van der Waals surface area contributed by atoms with E-state index in [1.807, 2.05) is 17.8 Å². The summed E-state index contributed by atoms with van der Waals surface area (Å²) in [5, 5.41) is 0. The second-order valence-electron chi connectivity index (χ2n) is 4.02. The molecule has 2 N–H and O–H groups in total. The average molecular weight is 225 g/mol. The van der Waals surface area contributed by atoms with Crippen LogP contribution in [0.3, 0.4) is 0 Å². The number of thioether (sulfide) groups is 1. The van der Waals surface area contributed by atoms with Crippen LogP contribution >= 0.6 is 11.8 Å². The highest BCUT2D eigenvalue weighted by Crippen LogP contribution is 2.35. The van der Waals surface area contributed by atoms with Gasteiger partial charge in [-0.2, -0.15) is 11.8 Å². The summed E-state index contributed by atoms with van der Waals surface area (Å²) in [4.78, 5) is 0. The largest absolute Gasteiger partial charge is 0.330 e. The zero-order valence-corrected chi connectivity index (χ0v) is 9.47. The molecule has 1 aliphatic rings. The lowest BCUT2D eigenvalue weighted by molar-refractivity contribution is 0.473. The van der Waals surface area contributed by atoms with Crippen molar-refractivity contribution in [3.8, 4) is 0 Å². The second kappa shape index (κ2) is 4.99. The first-order valence-corrected chi connectivity index (χ1v) is 6.50. The van der Waals surface area contributed by atoms with Gasteiger partial charge in [-0.1, -0.05) is 12.1 Å². The Morgan fingerprint density at radius 1 is 1.53 bits per heavy atom. The molecule has 0 bridgehead atoms. The van der Waals surface area contributed by atoms with Gasteiger partial charge in [0.05, 0.1) is 0 Å². The molecule has 2 unspecified atom stereocenters. The standard InChI is InChI=1S/C12H16FNS/c13-11-3-1-2-9(6-11)12(7-14)10-4-5-15-8-10/h1-3,6,10,12H,4-5,7-8,14H2. The fourth-order valence-corrected chi connectivity index (χ4v) is 3.55. The van der Waals surface area contributed by atoms with Gasteiger partial charge in [-0.05, 0) is 54.0 Å². The maximum absolute atomic E-state index is 13.1. The Balaban J connectivity index is 2.18. The van der Waals surface area contributed by atoms with Crippen molar-refractivity contribution in [2.24, 2.45) is 11.7 Å². The van der Waals surface area contributed by atoms with Gasteiger partial charge in [0, 0.05) is 0 Å². The molecule has 1 saturated heterocycles. The number of hydrogen-bond acceptors (Lipinski definition) is 2. The van der Waals surface area contributed by atoms with Crippen molar-refractivity contribution >= 4 is 11.8 Å². The summed E-state index contributed by atoms with van der Waals surface area (Å²) in [6.45, 7) is 0.620. The van der Waals surface area contributed by atoms with E-state index in [4.69, 9.17) is 5.73 Å². The summed E-state index contributed by atoms with van der Waals surface area (Å²) < 4.78 is 13.1. The summed E-state index contributed by atoms with van der Waals surface area (Å²) in [6, 6.07) is 6.88. The van der Waals surface area contributed by atoms with Crippen molar-refractivity contribution in [1.82, 2.24) is 0 Å². The lowest BCUT2D eigenvalue weighted by atomic mass is 9.86. The molecule has 0 radical (unpaired) electrons. The molecular formula is C12H16FNS. The molecule has 0 aromatic heterocycles. The quantitative estimate of drug-likeness (QED) is 0.855. The van der Waals surface area contributed by atoms with Crippen LogP contribution in [-0.2, 0) is 0 Å². The molecule has 3 heteroatoms. The van der Waals surface area contributed by atoms with Crippen molar-refractivity contribution in [1.29, 1.82) is 0 Å². The third-order valence-electron chi connectivity index (χ3n) is 3.06. The first-order valence-electron chi connectivity index (χ1n) is 5.34. The van der Waals surface area contributed by atoms with Gasteiger partial charge in [-0.15, -0.1) is 0 Å². The fourth-order valence-electron chi connectivity index (χ4n) is 2.21. The minimum absolute atomic E-state index is 0.156. The van der Waals surface area contributed by atoms with Gasteiger partial charge in [-0.25, -0.2) is 4.39 Å². The van der Waals surface area contributed by atoms with Crippen molar-refractivity contribution in [2.75, 3.05) is 18.1 Å². The minimum atomic E-state index is -0.156. The smallest absolute Gasteiger partial charge is 0.123 e. The van der Waals surface area contributed by atoms with Crippen LogP contribution in [0.4, 0.5) is 4.39 Å². The monoisotopic (exact) mass is 225 g/mol. The van der Waals surface area contributed by atoms with Gasteiger partial charge in [0.25, 0.3) is 0 Å². The van der Waals surface area contributed by atoms with Crippen LogP contribution in [-0.4, -0.2) is 18.1 Å². The van der Waals surface area contributed by atoms with Crippen LogP contribution in [0.2, 0.25) is 0 Å². The Hall–Kier alpha value is -0.540. The summed E-state index contributed by atoms with van der Waals surface area (Å²) in [7, 11) is 0. The molecule has 2 rings (SSSR count). The Labute approximate surface area is 94.2 Å². The van der Waals surface area contributed by atoms with Crippen LogP contribution in [0.25, 0.3) is 0 Å². The van der Waals surface area contributed by atoms with E-state index in [2.05, 4.69) is 0 Å². The highest BCUT2D eigenvalue weighted by molar-refractivity contribution is 7.99. The molecule has 1 aromatic carbocycles. The Morgan fingerprint density at radius 2 is 2.40 bits per heavy atom. The molecule has 0 amide bonds. The average Bonchev–Trinajstić information content (AvgIpc) is 2.72. The van der Waals surface area contributed by atoms with E-state index in [0.29, 0.717) is 18.4 Å². The van der Waals surface area contributed by atoms with Crippen molar-refractivity contribution < 1.29 is 4.39 Å². The van der Waals surface area contributed by atoms with Crippen LogP contribution in [0, 0.1) is 11.7 Å². The number of halogens is 1. The predicted molar refractivity (Wildman–Crippen MR) is 63.6 cm³/mol. The first kappa shape index (κ1) is 11.0. The lowest BCUT2D eigenvalue weighted by Gasteiger charge is -2.21. The number of hydrogen-bond donors (Lipinski definition) is 1. The minimum Gasteiger partial charge on any atom is -0.330 e. The van der Waals surface area contributed by atoms with Crippen LogP contribution in [0.15, 0.2) is 24.3 Å². The molecule has 1 fully saturated rings. The molecule has 1 heterocycles. The highest BCUT2D eigenvalue weighted by atomic mass is 32.2. The van der Waals surface area contributed by atoms with E-state index in [-0.39, 0.29) is 5.82 Å². The Bertz CT molecular complexity index is 323. The Morgan fingerprint density at radius 3 is 3.00 bits per heavy atom. The van der Waals surface area contributed by atoms with Gasteiger partial charge in [-0.3, -0.25) is 0 Å². The molecule has 1 nitrogen and oxygen atoms in total.